The molecule has 6 heteroatoms. The molecule has 464 valence electrons. The molecule has 1 atom stereocenters. The van der Waals surface area contributed by atoms with Crippen LogP contribution in [0.1, 0.15) is 297 Å². The Kier molecular flexibility index (Phi) is 64.8. The molecule has 6 nitrogen and oxygen atoms in total. The summed E-state index contributed by atoms with van der Waals surface area (Å²) in [6.07, 6.45) is 98.5. The van der Waals surface area contributed by atoms with Gasteiger partial charge in [-0.1, -0.05) is 301 Å². The van der Waals surface area contributed by atoms with E-state index in [-0.39, 0.29) is 37.5 Å². The standard InChI is InChI=1S/C76H124O6/c1-4-7-10-13-16-19-22-25-28-31-33-35-36-37-38-39-40-42-43-45-48-51-54-57-60-63-66-69-75(78)81-72-73(71-80-74(77)68-65-62-59-56-53-50-47-30-27-24-21-18-15-12-9-6-3)82-76(79)70-67-64-61-58-55-52-49-46-44-41-34-32-29-26-23-20-17-14-11-8-5-2/h7-8,10-11,16-17,19-20,25-26,28-29,33-35,37-38,40-42,46,49,55,58,73H,4-6,9,12-15,18,21-24,27,30-32,36,39,43-45,47-48,50-54,56-57,59-72H2,1-3H3/b10-7-,11-8-,19-16-,20-17-,28-25-,29-26-,35-33-,38-37-,41-34-,42-40-,49-46-,58-55-. The molecule has 0 fully saturated rings. The Labute approximate surface area is 506 Å². The molecule has 0 spiro atoms. The Morgan fingerprint density at radius 2 is 0.476 bits per heavy atom. The predicted octanol–water partition coefficient (Wildman–Crippen LogP) is 23.5. The van der Waals surface area contributed by atoms with Crippen LogP contribution in [0.3, 0.4) is 0 Å². The summed E-state index contributed by atoms with van der Waals surface area (Å²) in [4.78, 5) is 38.4. The fourth-order valence-corrected chi connectivity index (χ4v) is 9.10. The van der Waals surface area contributed by atoms with Crippen LogP contribution in [0.25, 0.3) is 0 Å². The van der Waals surface area contributed by atoms with Crippen LogP contribution in [0.5, 0.6) is 0 Å². The molecule has 0 aliphatic heterocycles. The van der Waals surface area contributed by atoms with Crippen LogP contribution in [-0.4, -0.2) is 37.2 Å². The van der Waals surface area contributed by atoms with E-state index in [0.717, 1.165) is 135 Å². The first-order chi connectivity index (χ1) is 40.5. The van der Waals surface area contributed by atoms with Crippen molar-refractivity contribution in [2.24, 2.45) is 0 Å². The molecular formula is C76H124O6. The van der Waals surface area contributed by atoms with E-state index >= 15 is 0 Å². The first-order valence-electron chi connectivity index (χ1n) is 33.8. The quantitative estimate of drug-likeness (QED) is 0.0261. The number of unbranched alkanes of at least 4 members (excludes halogenated alkanes) is 25. The normalized spacial score (nSPS) is 13.1. The Bertz CT molecular complexity index is 1780. The van der Waals surface area contributed by atoms with Crippen molar-refractivity contribution in [2.75, 3.05) is 13.2 Å². The van der Waals surface area contributed by atoms with Gasteiger partial charge in [0.15, 0.2) is 6.10 Å². The fourth-order valence-electron chi connectivity index (χ4n) is 9.10. The van der Waals surface area contributed by atoms with Crippen molar-refractivity contribution >= 4 is 17.9 Å². The minimum absolute atomic E-state index is 0.101. The first kappa shape index (κ1) is 77.3. The van der Waals surface area contributed by atoms with Gasteiger partial charge in [0.1, 0.15) is 13.2 Å². The fraction of sp³-hybridized carbons (Fsp3) is 0.645. The van der Waals surface area contributed by atoms with E-state index < -0.39 is 6.10 Å². The van der Waals surface area contributed by atoms with Gasteiger partial charge in [0.2, 0.25) is 0 Å². The minimum Gasteiger partial charge on any atom is -0.462 e. The topological polar surface area (TPSA) is 78.9 Å². The summed E-state index contributed by atoms with van der Waals surface area (Å²) < 4.78 is 16.9. The molecule has 0 aromatic heterocycles. The summed E-state index contributed by atoms with van der Waals surface area (Å²) in [6, 6.07) is 0. The number of rotatable bonds is 60. The molecule has 0 aromatic rings. The molecule has 0 rings (SSSR count). The molecule has 0 bridgehead atoms. The lowest BCUT2D eigenvalue weighted by atomic mass is 10.0. The second-order valence-electron chi connectivity index (χ2n) is 22.0. The van der Waals surface area contributed by atoms with Gasteiger partial charge in [-0.05, 0) is 122 Å². The molecule has 0 saturated heterocycles. The van der Waals surface area contributed by atoms with Crippen LogP contribution < -0.4 is 0 Å². The van der Waals surface area contributed by atoms with Gasteiger partial charge in [0, 0.05) is 19.3 Å². The molecular weight excluding hydrogens is 1010 g/mol. The van der Waals surface area contributed by atoms with Crippen molar-refractivity contribution in [3.8, 4) is 0 Å². The number of carbonyl (C=O) groups excluding carboxylic acids is 3. The van der Waals surface area contributed by atoms with Crippen molar-refractivity contribution < 1.29 is 28.6 Å². The van der Waals surface area contributed by atoms with Gasteiger partial charge in [-0.25, -0.2) is 0 Å². The first-order valence-corrected chi connectivity index (χ1v) is 33.8. The summed E-state index contributed by atoms with van der Waals surface area (Å²) in [5, 5.41) is 0. The second kappa shape index (κ2) is 68.8. The molecule has 0 aliphatic carbocycles. The maximum absolute atomic E-state index is 12.9. The highest BCUT2D eigenvalue weighted by molar-refractivity contribution is 5.71. The average Bonchev–Trinajstić information content (AvgIpc) is 3.47. The third-order valence-electron chi connectivity index (χ3n) is 14.1. The summed E-state index contributed by atoms with van der Waals surface area (Å²) >= 11 is 0. The molecule has 0 saturated carbocycles. The number of allylic oxidation sites excluding steroid dienone is 24. The van der Waals surface area contributed by atoms with Crippen LogP contribution in [0.15, 0.2) is 146 Å². The predicted molar refractivity (Wildman–Crippen MR) is 357 cm³/mol. The van der Waals surface area contributed by atoms with Gasteiger partial charge < -0.3 is 14.2 Å². The third kappa shape index (κ3) is 66.1. The van der Waals surface area contributed by atoms with Gasteiger partial charge in [-0.2, -0.15) is 0 Å². The zero-order chi connectivity index (χ0) is 59.2. The van der Waals surface area contributed by atoms with Crippen molar-refractivity contribution in [2.45, 2.75) is 303 Å². The van der Waals surface area contributed by atoms with Crippen molar-refractivity contribution in [1.29, 1.82) is 0 Å². The molecule has 0 aromatic carbocycles. The highest BCUT2D eigenvalue weighted by Crippen LogP contribution is 2.16. The summed E-state index contributed by atoms with van der Waals surface area (Å²) in [5.41, 5.74) is 0. The van der Waals surface area contributed by atoms with Crippen LogP contribution in [0.2, 0.25) is 0 Å². The Morgan fingerprint density at radius 1 is 0.256 bits per heavy atom. The largest absolute Gasteiger partial charge is 0.462 e. The highest BCUT2D eigenvalue weighted by atomic mass is 16.6. The van der Waals surface area contributed by atoms with Gasteiger partial charge in [-0.15, -0.1) is 0 Å². The van der Waals surface area contributed by atoms with Crippen molar-refractivity contribution in [3.63, 3.8) is 0 Å². The van der Waals surface area contributed by atoms with Crippen LogP contribution in [0.4, 0.5) is 0 Å². The molecule has 0 aliphatic rings. The zero-order valence-electron chi connectivity index (χ0n) is 53.2. The number of ether oxygens (including phenoxy) is 3. The Balaban J connectivity index is 4.46. The molecule has 0 N–H and O–H groups in total. The van der Waals surface area contributed by atoms with Crippen LogP contribution in [-0.2, 0) is 28.6 Å². The summed E-state index contributed by atoms with van der Waals surface area (Å²) in [5.74, 6) is -0.948. The SMILES string of the molecule is CC/C=C\C/C=C\C/C=C\C/C=C\C/C=C\C/C=C\CCCCCCCCCCC(=O)OCC(COC(=O)CCCCCCCCCCCCCCCCCC)OC(=O)CCCC/C=C\C/C=C\C/C=C\C/C=C\C/C=C\C/C=C\CC. The molecule has 82 heavy (non-hydrogen) atoms. The van der Waals surface area contributed by atoms with Crippen molar-refractivity contribution in [1.82, 2.24) is 0 Å². The zero-order valence-corrected chi connectivity index (χ0v) is 53.2. The van der Waals surface area contributed by atoms with Crippen molar-refractivity contribution in [3.05, 3.63) is 146 Å². The van der Waals surface area contributed by atoms with Gasteiger partial charge in [-0.3, -0.25) is 14.4 Å². The summed E-state index contributed by atoms with van der Waals surface area (Å²) in [7, 11) is 0. The van der Waals surface area contributed by atoms with Gasteiger partial charge >= 0.3 is 17.9 Å². The monoisotopic (exact) mass is 1130 g/mol. The molecule has 0 heterocycles. The van der Waals surface area contributed by atoms with E-state index in [2.05, 4.69) is 167 Å². The lowest BCUT2D eigenvalue weighted by Gasteiger charge is -2.18. The Morgan fingerprint density at radius 3 is 0.768 bits per heavy atom. The smallest absolute Gasteiger partial charge is 0.306 e. The maximum Gasteiger partial charge on any atom is 0.306 e. The minimum atomic E-state index is -0.811. The molecule has 0 radical (unpaired) electrons. The van der Waals surface area contributed by atoms with E-state index in [1.165, 1.54) is 116 Å². The Hall–Kier alpha value is -4.71. The van der Waals surface area contributed by atoms with Gasteiger partial charge in [0.05, 0.1) is 0 Å². The van der Waals surface area contributed by atoms with Crippen LogP contribution >= 0.6 is 0 Å². The van der Waals surface area contributed by atoms with E-state index in [9.17, 15) is 14.4 Å². The molecule has 1 unspecified atom stereocenters. The maximum atomic E-state index is 12.9. The summed E-state index contributed by atoms with van der Waals surface area (Å²) in [6.45, 7) is 6.39. The lowest BCUT2D eigenvalue weighted by molar-refractivity contribution is -0.167. The molecule has 0 amide bonds. The van der Waals surface area contributed by atoms with Gasteiger partial charge in [0.25, 0.3) is 0 Å². The number of hydrogen-bond acceptors (Lipinski definition) is 6. The van der Waals surface area contributed by atoms with E-state index in [4.69, 9.17) is 14.2 Å². The third-order valence-corrected chi connectivity index (χ3v) is 14.1. The average molecular weight is 1130 g/mol. The number of esters is 3. The van der Waals surface area contributed by atoms with E-state index in [1.807, 2.05) is 0 Å². The second-order valence-corrected chi connectivity index (χ2v) is 22.0. The highest BCUT2D eigenvalue weighted by Gasteiger charge is 2.19. The van der Waals surface area contributed by atoms with E-state index in [0.29, 0.717) is 19.3 Å². The number of hydrogen-bond donors (Lipinski definition) is 0. The number of carbonyl (C=O) groups is 3. The lowest BCUT2D eigenvalue weighted by Crippen LogP contribution is -2.30. The van der Waals surface area contributed by atoms with Crippen LogP contribution in [0, 0.1) is 0 Å². The van der Waals surface area contributed by atoms with E-state index in [1.54, 1.807) is 0 Å².